The van der Waals surface area contributed by atoms with Crippen LogP contribution in [0.2, 0.25) is 0 Å². The van der Waals surface area contributed by atoms with Gasteiger partial charge in [0.1, 0.15) is 18.3 Å². The lowest BCUT2D eigenvalue weighted by Crippen LogP contribution is -2.38. The van der Waals surface area contributed by atoms with E-state index in [0.717, 1.165) is 4.57 Å². The van der Waals surface area contributed by atoms with Crippen molar-refractivity contribution in [2.45, 2.75) is 31.5 Å². The van der Waals surface area contributed by atoms with Crippen LogP contribution in [0.15, 0.2) is 15.8 Å². The largest absolute Gasteiger partial charge is 0.394 e. The fourth-order valence-corrected chi connectivity index (χ4v) is 1.88. The highest BCUT2D eigenvalue weighted by molar-refractivity contribution is 5.03. The summed E-state index contributed by atoms with van der Waals surface area (Å²) in [6.45, 7) is 1.02. The predicted octanol–water partition coefficient (Wildman–Crippen LogP) is -2.54. The molecule has 1 aliphatic rings. The third-order valence-electron chi connectivity index (χ3n) is 2.94. The zero-order valence-electron chi connectivity index (χ0n) is 9.61. The molecule has 0 aromatic carbocycles. The van der Waals surface area contributed by atoms with Gasteiger partial charge in [0, 0.05) is 11.8 Å². The molecule has 1 fully saturated rings. The van der Waals surface area contributed by atoms with Crippen LogP contribution < -0.4 is 11.2 Å². The SMILES string of the molecule is Cc1cn([C@H]2O[C@H](CO)[C@H](O)[C@@H]2O)c(=O)[nH]c1=O. The lowest BCUT2D eigenvalue weighted by molar-refractivity contribution is -0.0551. The van der Waals surface area contributed by atoms with E-state index in [0.29, 0.717) is 0 Å². The van der Waals surface area contributed by atoms with Crippen LogP contribution in [-0.4, -0.2) is 49.8 Å². The third-order valence-corrected chi connectivity index (χ3v) is 2.94. The Hall–Kier alpha value is -1.48. The Morgan fingerprint density at radius 2 is 2.06 bits per heavy atom. The van der Waals surface area contributed by atoms with Gasteiger partial charge in [0.25, 0.3) is 5.56 Å². The van der Waals surface area contributed by atoms with E-state index in [1.807, 2.05) is 0 Å². The van der Waals surface area contributed by atoms with E-state index in [1.165, 1.54) is 13.1 Å². The van der Waals surface area contributed by atoms with Crippen LogP contribution in [0.3, 0.4) is 0 Å². The molecule has 1 aliphatic heterocycles. The van der Waals surface area contributed by atoms with Crippen LogP contribution in [0.5, 0.6) is 0 Å². The highest BCUT2D eigenvalue weighted by Gasteiger charge is 2.43. The summed E-state index contributed by atoms with van der Waals surface area (Å²) in [6.07, 6.45) is -3.52. The molecule has 1 aromatic heterocycles. The summed E-state index contributed by atoms with van der Waals surface area (Å²) in [7, 11) is 0. The van der Waals surface area contributed by atoms with Crippen molar-refractivity contribution in [3.63, 3.8) is 0 Å². The van der Waals surface area contributed by atoms with Crippen molar-refractivity contribution in [1.82, 2.24) is 9.55 Å². The maximum atomic E-state index is 11.6. The van der Waals surface area contributed by atoms with Crippen LogP contribution in [0.4, 0.5) is 0 Å². The van der Waals surface area contributed by atoms with Gasteiger partial charge >= 0.3 is 5.69 Å². The number of aromatic nitrogens is 2. The number of nitrogens with zero attached hydrogens (tertiary/aromatic N) is 1. The summed E-state index contributed by atoms with van der Waals surface area (Å²) in [4.78, 5) is 24.9. The highest BCUT2D eigenvalue weighted by atomic mass is 16.6. The van der Waals surface area contributed by atoms with Crippen molar-refractivity contribution in [2.24, 2.45) is 0 Å². The maximum absolute atomic E-state index is 11.6. The molecule has 2 heterocycles. The molecule has 4 N–H and O–H groups in total. The van der Waals surface area contributed by atoms with Gasteiger partial charge in [-0.2, -0.15) is 0 Å². The molecule has 0 bridgehead atoms. The molecule has 0 aliphatic carbocycles. The number of aryl methyl sites for hydroxylation is 1. The summed E-state index contributed by atoms with van der Waals surface area (Å²) >= 11 is 0. The Labute approximate surface area is 101 Å². The molecule has 8 nitrogen and oxygen atoms in total. The number of rotatable bonds is 2. The van der Waals surface area contributed by atoms with Crippen LogP contribution >= 0.6 is 0 Å². The Bertz CT molecular complexity index is 550. The standard InChI is InChI=1S/C10H14N2O6/c1-4-2-12(10(17)11-8(4)16)9-7(15)6(14)5(3-13)18-9/h2,5-7,9,13-15H,3H2,1H3,(H,11,16,17)/t5-,6+,7+,9+/m1/s1. The second-order valence-electron chi connectivity index (χ2n) is 4.21. The average Bonchev–Trinajstić information content (AvgIpc) is 2.61. The van der Waals surface area contributed by atoms with E-state index < -0.39 is 42.4 Å². The lowest BCUT2D eigenvalue weighted by Gasteiger charge is -2.17. The second-order valence-corrected chi connectivity index (χ2v) is 4.21. The summed E-state index contributed by atoms with van der Waals surface area (Å²) in [5, 5.41) is 28.3. The zero-order valence-corrected chi connectivity index (χ0v) is 9.61. The first kappa shape index (κ1) is 13.0. The molecular formula is C10H14N2O6. The van der Waals surface area contributed by atoms with Gasteiger partial charge in [-0.05, 0) is 6.92 Å². The molecular weight excluding hydrogens is 244 g/mol. The monoisotopic (exact) mass is 258 g/mol. The lowest BCUT2D eigenvalue weighted by atomic mass is 10.1. The molecule has 18 heavy (non-hydrogen) atoms. The number of aliphatic hydroxyl groups excluding tert-OH is 3. The number of aliphatic hydroxyl groups is 3. The fraction of sp³-hybridized carbons (Fsp3) is 0.600. The van der Waals surface area contributed by atoms with Gasteiger partial charge in [-0.3, -0.25) is 14.3 Å². The number of H-pyrrole nitrogens is 1. The van der Waals surface area contributed by atoms with Crippen molar-refractivity contribution >= 4 is 0 Å². The molecule has 4 atom stereocenters. The van der Waals surface area contributed by atoms with Gasteiger partial charge < -0.3 is 20.1 Å². The molecule has 0 radical (unpaired) electrons. The smallest absolute Gasteiger partial charge is 0.330 e. The quantitative estimate of drug-likeness (QED) is 0.463. The van der Waals surface area contributed by atoms with E-state index in [4.69, 9.17) is 9.84 Å². The first-order valence-corrected chi connectivity index (χ1v) is 5.40. The molecule has 0 spiro atoms. The van der Waals surface area contributed by atoms with Gasteiger partial charge in [0.05, 0.1) is 6.61 Å². The van der Waals surface area contributed by atoms with E-state index >= 15 is 0 Å². The van der Waals surface area contributed by atoms with Crippen LogP contribution in [0, 0.1) is 6.92 Å². The van der Waals surface area contributed by atoms with Gasteiger partial charge in [0.2, 0.25) is 0 Å². The van der Waals surface area contributed by atoms with Crippen LogP contribution in [-0.2, 0) is 4.74 Å². The van der Waals surface area contributed by atoms with Crippen molar-refractivity contribution < 1.29 is 20.1 Å². The molecule has 8 heteroatoms. The van der Waals surface area contributed by atoms with Gasteiger partial charge in [-0.25, -0.2) is 4.79 Å². The molecule has 2 rings (SSSR count). The minimum absolute atomic E-state index is 0.271. The third kappa shape index (κ3) is 1.99. The molecule has 100 valence electrons. The number of ether oxygens (including phenoxy) is 1. The minimum atomic E-state index is -1.36. The van der Waals surface area contributed by atoms with E-state index in [2.05, 4.69) is 4.98 Å². The van der Waals surface area contributed by atoms with Gasteiger partial charge in [-0.1, -0.05) is 0 Å². The normalized spacial score (nSPS) is 31.8. The number of hydrogen-bond acceptors (Lipinski definition) is 6. The summed E-state index contributed by atoms with van der Waals surface area (Å²) < 4.78 is 6.17. The molecule has 0 saturated carbocycles. The topological polar surface area (TPSA) is 125 Å². The Balaban J connectivity index is 2.42. The van der Waals surface area contributed by atoms with Crippen molar-refractivity contribution in [3.8, 4) is 0 Å². The fourth-order valence-electron chi connectivity index (χ4n) is 1.88. The first-order valence-electron chi connectivity index (χ1n) is 5.40. The van der Waals surface area contributed by atoms with Gasteiger partial charge in [-0.15, -0.1) is 0 Å². The summed E-state index contributed by atoms with van der Waals surface area (Å²) in [5.74, 6) is 0. The average molecular weight is 258 g/mol. The van der Waals surface area contributed by atoms with Crippen molar-refractivity contribution in [3.05, 3.63) is 32.6 Å². The van der Waals surface area contributed by atoms with Crippen LogP contribution in [0.25, 0.3) is 0 Å². The molecule has 1 saturated heterocycles. The summed E-state index contributed by atoms with van der Waals surface area (Å²) in [5.41, 5.74) is -1.00. The van der Waals surface area contributed by atoms with Crippen molar-refractivity contribution in [2.75, 3.05) is 6.61 Å². The number of aromatic amines is 1. The maximum Gasteiger partial charge on any atom is 0.330 e. The van der Waals surface area contributed by atoms with Gasteiger partial charge in [0.15, 0.2) is 6.23 Å². The first-order chi connectivity index (χ1) is 8.45. The molecule has 0 unspecified atom stereocenters. The predicted molar refractivity (Wildman–Crippen MR) is 59.1 cm³/mol. The highest BCUT2D eigenvalue weighted by Crippen LogP contribution is 2.27. The Kier molecular flexibility index (Phi) is 3.35. The zero-order chi connectivity index (χ0) is 13.4. The minimum Gasteiger partial charge on any atom is -0.394 e. The Morgan fingerprint density at radius 3 is 2.61 bits per heavy atom. The molecule has 1 aromatic rings. The van der Waals surface area contributed by atoms with Crippen LogP contribution in [0.1, 0.15) is 11.8 Å². The Morgan fingerprint density at radius 1 is 1.39 bits per heavy atom. The van der Waals surface area contributed by atoms with Crippen molar-refractivity contribution in [1.29, 1.82) is 0 Å². The van der Waals surface area contributed by atoms with E-state index in [9.17, 15) is 19.8 Å². The van der Waals surface area contributed by atoms with E-state index in [1.54, 1.807) is 0 Å². The number of hydrogen-bond donors (Lipinski definition) is 4. The molecule has 0 amide bonds. The van der Waals surface area contributed by atoms with E-state index in [-0.39, 0.29) is 5.56 Å². The second kappa shape index (κ2) is 4.65. The summed E-state index contributed by atoms with van der Waals surface area (Å²) in [6, 6.07) is 0. The number of nitrogens with one attached hydrogen (secondary N) is 1.